The van der Waals surface area contributed by atoms with Gasteiger partial charge in [-0.15, -0.1) is 0 Å². The number of allylic oxidation sites excluding steroid dienone is 4. The number of carbonyl (C=O) groups excluding carboxylic acids is 2. The first-order valence-electron chi connectivity index (χ1n) is 8.88. The molecule has 0 N–H and O–H groups in total. The Morgan fingerprint density at radius 2 is 0.889 bits per heavy atom. The third-order valence-corrected chi connectivity index (χ3v) is 5.00. The molecule has 0 aromatic heterocycles. The Morgan fingerprint density at radius 1 is 0.481 bits per heavy atom. The molecule has 0 bridgehead atoms. The fourth-order valence-electron chi connectivity index (χ4n) is 3.81. The van der Waals surface area contributed by atoms with E-state index < -0.39 is 17.0 Å². The molecule has 2 heteroatoms. The molecule has 27 heavy (non-hydrogen) atoms. The van der Waals surface area contributed by atoms with Crippen LogP contribution in [0.25, 0.3) is 0 Å². The first-order valence-corrected chi connectivity index (χ1v) is 8.88. The lowest BCUT2D eigenvalue weighted by Crippen LogP contribution is -2.33. The molecule has 3 aromatic carbocycles. The van der Waals surface area contributed by atoms with Gasteiger partial charge in [-0.3, -0.25) is 9.59 Å². The SMILES string of the molecule is O=C1C=CC(C(c2ccccc2)(c2ccccc2)c2ccccc2)=CC1=O. The van der Waals surface area contributed by atoms with Crippen molar-refractivity contribution in [2.24, 2.45) is 0 Å². The van der Waals surface area contributed by atoms with E-state index in [0.717, 1.165) is 22.3 Å². The standard InChI is InChI=1S/C25H18O2/c26-23-17-16-22(18-24(23)27)25(19-10-4-1-5-11-19,20-12-6-2-7-13-20)21-14-8-3-9-15-21/h1-18H. The molecule has 4 rings (SSSR count). The van der Waals surface area contributed by atoms with E-state index in [4.69, 9.17) is 0 Å². The van der Waals surface area contributed by atoms with Gasteiger partial charge in [0.05, 0.1) is 5.41 Å². The predicted molar refractivity (Wildman–Crippen MR) is 106 cm³/mol. The highest BCUT2D eigenvalue weighted by Gasteiger charge is 2.40. The minimum absolute atomic E-state index is 0.484. The maximum absolute atomic E-state index is 12.3. The quantitative estimate of drug-likeness (QED) is 0.390. The molecule has 3 aromatic rings. The van der Waals surface area contributed by atoms with Crippen LogP contribution in [0.1, 0.15) is 16.7 Å². The average molecular weight is 350 g/mol. The van der Waals surface area contributed by atoms with Gasteiger partial charge in [-0.25, -0.2) is 0 Å². The second-order valence-corrected chi connectivity index (χ2v) is 6.51. The molecule has 0 unspecified atom stereocenters. The molecular weight excluding hydrogens is 332 g/mol. The highest BCUT2D eigenvalue weighted by atomic mass is 16.2. The van der Waals surface area contributed by atoms with Crippen LogP contribution in [0.4, 0.5) is 0 Å². The van der Waals surface area contributed by atoms with Crippen LogP contribution in [-0.4, -0.2) is 11.6 Å². The van der Waals surface area contributed by atoms with Crippen LogP contribution in [-0.2, 0) is 15.0 Å². The fraction of sp³-hybridized carbons (Fsp3) is 0.0400. The van der Waals surface area contributed by atoms with Gasteiger partial charge in [0.2, 0.25) is 11.6 Å². The molecule has 1 aliphatic rings. The normalized spacial score (nSPS) is 14.1. The summed E-state index contributed by atoms with van der Waals surface area (Å²) < 4.78 is 0. The molecule has 0 atom stereocenters. The summed E-state index contributed by atoms with van der Waals surface area (Å²) >= 11 is 0. The van der Waals surface area contributed by atoms with Crippen molar-refractivity contribution in [2.75, 3.05) is 0 Å². The Morgan fingerprint density at radius 3 is 1.26 bits per heavy atom. The zero-order valence-electron chi connectivity index (χ0n) is 14.7. The summed E-state index contributed by atoms with van der Waals surface area (Å²) in [4.78, 5) is 24.1. The lowest BCUT2D eigenvalue weighted by molar-refractivity contribution is -0.131. The molecule has 0 heterocycles. The second kappa shape index (κ2) is 7.00. The Balaban J connectivity index is 2.11. The van der Waals surface area contributed by atoms with Crippen LogP contribution in [0.3, 0.4) is 0 Å². The highest BCUT2D eigenvalue weighted by Crippen LogP contribution is 2.46. The van der Waals surface area contributed by atoms with Gasteiger partial charge in [-0.05, 0) is 34.4 Å². The van der Waals surface area contributed by atoms with Gasteiger partial charge in [0, 0.05) is 0 Å². The van der Waals surface area contributed by atoms with Gasteiger partial charge in [0.15, 0.2) is 0 Å². The third-order valence-electron chi connectivity index (χ3n) is 5.00. The summed E-state index contributed by atoms with van der Waals surface area (Å²) in [7, 11) is 0. The van der Waals surface area contributed by atoms with E-state index in [1.807, 2.05) is 54.6 Å². The summed E-state index contributed by atoms with van der Waals surface area (Å²) in [5.74, 6) is -0.971. The summed E-state index contributed by atoms with van der Waals surface area (Å²) in [6.45, 7) is 0. The van der Waals surface area contributed by atoms with E-state index in [1.165, 1.54) is 12.2 Å². The lowest BCUT2D eigenvalue weighted by atomic mass is 9.63. The van der Waals surface area contributed by atoms with Crippen molar-refractivity contribution in [3.05, 3.63) is 131 Å². The van der Waals surface area contributed by atoms with E-state index in [2.05, 4.69) is 36.4 Å². The highest BCUT2D eigenvalue weighted by molar-refractivity contribution is 6.46. The maximum atomic E-state index is 12.3. The van der Waals surface area contributed by atoms with E-state index in [-0.39, 0.29) is 0 Å². The summed E-state index contributed by atoms with van der Waals surface area (Å²) in [6, 6.07) is 30.3. The molecule has 0 saturated carbocycles. The van der Waals surface area contributed by atoms with Crippen LogP contribution in [0.15, 0.2) is 115 Å². The monoisotopic (exact) mass is 350 g/mol. The van der Waals surface area contributed by atoms with Crippen LogP contribution in [0, 0.1) is 0 Å². The number of benzene rings is 3. The molecule has 0 amide bonds. The summed E-state index contributed by atoms with van der Waals surface area (Å²) in [5, 5.41) is 0. The van der Waals surface area contributed by atoms with Crippen LogP contribution in [0.5, 0.6) is 0 Å². The number of carbonyl (C=O) groups is 2. The van der Waals surface area contributed by atoms with Gasteiger partial charge in [0.1, 0.15) is 0 Å². The topological polar surface area (TPSA) is 34.1 Å². The lowest BCUT2D eigenvalue weighted by Gasteiger charge is -2.38. The molecule has 0 aliphatic heterocycles. The Hall–Kier alpha value is -3.52. The molecular formula is C25H18O2. The van der Waals surface area contributed by atoms with Crippen LogP contribution < -0.4 is 0 Å². The zero-order chi connectivity index (χ0) is 18.7. The maximum Gasteiger partial charge on any atom is 0.226 e. The van der Waals surface area contributed by atoms with Gasteiger partial charge >= 0.3 is 0 Å². The first-order chi connectivity index (χ1) is 13.2. The van der Waals surface area contributed by atoms with Crippen molar-refractivity contribution in [3.8, 4) is 0 Å². The number of rotatable bonds is 4. The molecule has 130 valence electrons. The minimum atomic E-state index is -0.684. The van der Waals surface area contributed by atoms with Crippen LogP contribution in [0.2, 0.25) is 0 Å². The molecule has 0 saturated heterocycles. The molecule has 1 aliphatic carbocycles. The smallest absolute Gasteiger partial charge is 0.226 e. The van der Waals surface area contributed by atoms with E-state index >= 15 is 0 Å². The van der Waals surface area contributed by atoms with Crippen molar-refractivity contribution in [2.45, 2.75) is 5.41 Å². The Labute approximate surface area is 158 Å². The van der Waals surface area contributed by atoms with Crippen molar-refractivity contribution < 1.29 is 9.59 Å². The first kappa shape index (κ1) is 16.9. The van der Waals surface area contributed by atoms with E-state index in [1.54, 1.807) is 6.08 Å². The Kier molecular flexibility index (Phi) is 4.39. The van der Waals surface area contributed by atoms with E-state index in [9.17, 15) is 9.59 Å². The number of hydrogen-bond acceptors (Lipinski definition) is 2. The Bertz CT molecular complexity index is 933. The van der Waals surface area contributed by atoms with Gasteiger partial charge in [0.25, 0.3) is 0 Å². The van der Waals surface area contributed by atoms with Crippen LogP contribution >= 0.6 is 0 Å². The van der Waals surface area contributed by atoms with Crippen molar-refractivity contribution in [1.29, 1.82) is 0 Å². The van der Waals surface area contributed by atoms with Crippen molar-refractivity contribution >= 4 is 11.6 Å². The third kappa shape index (κ3) is 2.85. The van der Waals surface area contributed by atoms with E-state index in [0.29, 0.717) is 0 Å². The summed E-state index contributed by atoms with van der Waals surface area (Å²) in [5.41, 5.74) is 3.23. The van der Waals surface area contributed by atoms with Crippen molar-refractivity contribution in [3.63, 3.8) is 0 Å². The zero-order valence-corrected chi connectivity index (χ0v) is 14.7. The molecule has 0 spiro atoms. The minimum Gasteiger partial charge on any atom is -0.286 e. The predicted octanol–water partition coefficient (Wildman–Crippen LogP) is 4.66. The fourth-order valence-corrected chi connectivity index (χ4v) is 3.81. The number of hydrogen-bond donors (Lipinski definition) is 0. The summed E-state index contributed by atoms with van der Waals surface area (Å²) in [6.07, 6.45) is 4.63. The van der Waals surface area contributed by atoms with Crippen molar-refractivity contribution in [1.82, 2.24) is 0 Å². The van der Waals surface area contributed by atoms with Gasteiger partial charge in [-0.2, -0.15) is 0 Å². The molecule has 0 radical (unpaired) electrons. The second-order valence-electron chi connectivity index (χ2n) is 6.51. The largest absolute Gasteiger partial charge is 0.286 e. The van der Waals surface area contributed by atoms with Gasteiger partial charge in [-0.1, -0.05) is 97.1 Å². The average Bonchev–Trinajstić information content (AvgIpc) is 2.74. The molecule has 0 fully saturated rings. The molecule has 2 nitrogen and oxygen atoms in total. The van der Waals surface area contributed by atoms with Gasteiger partial charge < -0.3 is 0 Å². The number of ketones is 2.